The standard InChI is InChI=1S/C35H72NO3.HI/c1-5-7-9-11-13-15-17-19-21-23-25-27-29-36(4)30-33-38-35(3,39-34-31-36)37-32-28-26-24-22-20-18-16-14-12-10-8-6-2;/h5-34H2,1-4H3;1H/q+1;/p-1. The van der Waals surface area contributed by atoms with Crippen LogP contribution >= 0.6 is 0 Å². The molecule has 0 unspecified atom stereocenters. The Morgan fingerprint density at radius 3 is 1.23 bits per heavy atom. The van der Waals surface area contributed by atoms with Crippen molar-refractivity contribution in [2.24, 2.45) is 0 Å². The highest BCUT2D eigenvalue weighted by molar-refractivity contribution is 4.56. The number of hydrogen-bond acceptors (Lipinski definition) is 3. The third-order valence-electron chi connectivity index (χ3n) is 8.90. The van der Waals surface area contributed by atoms with Crippen molar-refractivity contribution in [3.8, 4) is 0 Å². The molecule has 40 heavy (non-hydrogen) atoms. The highest BCUT2D eigenvalue weighted by atomic mass is 127. The summed E-state index contributed by atoms with van der Waals surface area (Å²) in [7, 11) is 2.38. The van der Waals surface area contributed by atoms with Crippen LogP contribution in [-0.4, -0.2) is 57.0 Å². The van der Waals surface area contributed by atoms with Gasteiger partial charge in [0, 0.05) is 6.92 Å². The molecule has 0 radical (unpaired) electrons. The smallest absolute Gasteiger partial charge is 0.280 e. The predicted octanol–water partition coefficient (Wildman–Crippen LogP) is 7.58. The zero-order valence-corrected chi connectivity index (χ0v) is 29.9. The van der Waals surface area contributed by atoms with Gasteiger partial charge in [-0.25, -0.2) is 0 Å². The molecular formula is C35H72INO3. The molecule has 1 aliphatic heterocycles. The molecule has 0 N–H and O–H groups in total. The van der Waals surface area contributed by atoms with Gasteiger partial charge in [-0.05, 0) is 19.3 Å². The fourth-order valence-corrected chi connectivity index (χ4v) is 5.90. The number of quaternary nitrogens is 1. The van der Waals surface area contributed by atoms with Gasteiger partial charge in [0.25, 0.3) is 5.97 Å². The van der Waals surface area contributed by atoms with Crippen molar-refractivity contribution in [2.45, 2.75) is 181 Å². The molecule has 0 atom stereocenters. The first-order valence-electron chi connectivity index (χ1n) is 17.8. The summed E-state index contributed by atoms with van der Waals surface area (Å²) in [6, 6.07) is 0. The van der Waals surface area contributed by atoms with Gasteiger partial charge in [-0.2, -0.15) is 0 Å². The molecule has 0 bridgehead atoms. The van der Waals surface area contributed by atoms with Crippen LogP contribution in [0.2, 0.25) is 0 Å². The van der Waals surface area contributed by atoms with Crippen molar-refractivity contribution in [3.63, 3.8) is 0 Å². The Morgan fingerprint density at radius 1 is 0.525 bits per heavy atom. The molecule has 1 saturated heterocycles. The van der Waals surface area contributed by atoms with Crippen LogP contribution in [0.5, 0.6) is 0 Å². The number of hydrogen-bond donors (Lipinski definition) is 0. The van der Waals surface area contributed by atoms with Crippen LogP contribution in [0.1, 0.15) is 175 Å². The second kappa shape index (κ2) is 28.3. The van der Waals surface area contributed by atoms with Crippen LogP contribution in [0.3, 0.4) is 0 Å². The van der Waals surface area contributed by atoms with Gasteiger partial charge < -0.3 is 42.7 Å². The molecule has 0 aliphatic carbocycles. The van der Waals surface area contributed by atoms with Crippen molar-refractivity contribution >= 4 is 0 Å². The molecule has 1 rings (SSSR count). The first-order valence-corrected chi connectivity index (χ1v) is 17.8. The minimum atomic E-state index is -0.862. The fourth-order valence-electron chi connectivity index (χ4n) is 5.90. The lowest BCUT2D eigenvalue weighted by atomic mass is 10.1. The lowest BCUT2D eigenvalue weighted by Gasteiger charge is -2.40. The summed E-state index contributed by atoms with van der Waals surface area (Å²) in [4.78, 5) is 0. The zero-order valence-electron chi connectivity index (χ0n) is 27.8. The predicted molar refractivity (Wildman–Crippen MR) is 169 cm³/mol. The molecular weight excluding hydrogens is 609 g/mol. The van der Waals surface area contributed by atoms with Gasteiger partial charge in [-0.1, -0.05) is 149 Å². The Balaban J connectivity index is 0.0000152. The third kappa shape index (κ3) is 24.1. The summed E-state index contributed by atoms with van der Waals surface area (Å²) in [5.41, 5.74) is 0. The summed E-state index contributed by atoms with van der Waals surface area (Å²) >= 11 is 0. The lowest BCUT2D eigenvalue weighted by Crippen LogP contribution is -3.00. The molecule has 0 aromatic heterocycles. The summed E-state index contributed by atoms with van der Waals surface area (Å²) in [5.74, 6) is -0.862. The van der Waals surface area contributed by atoms with Gasteiger partial charge >= 0.3 is 0 Å². The van der Waals surface area contributed by atoms with Gasteiger partial charge in [0.15, 0.2) is 0 Å². The van der Waals surface area contributed by atoms with Gasteiger partial charge in [0.2, 0.25) is 0 Å². The van der Waals surface area contributed by atoms with Crippen LogP contribution in [0.25, 0.3) is 0 Å². The van der Waals surface area contributed by atoms with Gasteiger partial charge in [-0.3, -0.25) is 0 Å². The van der Waals surface area contributed by atoms with Gasteiger partial charge in [-0.15, -0.1) is 0 Å². The molecule has 0 aromatic carbocycles. The Morgan fingerprint density at radius 2 is 0.850 bits per heavy atom. The molecule has 1 heterocycles. The SMILES string of the molecule is CCCCCCCCCCCCCCOC1(C)OCC[N+](C)(CCCCCCCCCCCCCC)CCO1.[I-]. The summed E-state index contributed by atoms with van der Waals surface area (Å²) in [6.45, 7) is 12.1. The largest absolute Gasteiger partial charge is 1.00 e. The topological polar surface area (TPSA) is 27.7 Å². The fraction of sp³-hybridized carbons (Fsp3) is 1.00. The van der Waals surface area contributed by atoms with Crippen molar-refractivity contribution in [3.05, 3.63) is 0 Å². The van der Waals surface area contributed by atoms with Crippen molar-refractivity contribution in [1.82, 2.24) is 0 Å². The molecule has 0 aromatic rings. The second-order valence-electron chi connectivity index (χ2n) is 13.0. The quantitative estimate of drug-likeness (QED) is 0.0509. The monoisotopic (exact) mass is 681 g/mol. The minimum absolute atomic E-state index is 0. The summed E-state index contributed by atoms with van der Waals surface area (Å²) in [6.07, 6.45) is 33.3. The maximum absolute atomic E-state index is 6.13. The van der Waals surface area contributed by atoms with Gasteiger partial charge in [0.1, 0.15) is 26.3 Å². The number of halogens is 1. The van der Waals surface area contributed by atoms with E-state index in [9.17, 15) is 0 Å². The number of unbranched alkanes of at least 4 members (excludes halogenated alkanes) is 22. The maximum Gasteiger partial charge on any atom is 0.280 e. The molecule has 242 valence electrons. The Kier molecular flexibility index (Phi) is 28.8. The van der Waals surface area contributed by atoms with E-state index in [1.54, 1.807) is 0 Å². The molecule has 1 aliphatic rings. The second-order valence-corrected chi connectivity index (χ2v) is 13.0. The maximum atomic E-state index is 6.13. The normalized spacial score (nSPS) is 21.6. The van der Waals surface area contributed by atoms with E-state index < -0.39 is 5.97 Å². The number of likely N-dealkylation sites (N-methyl/N-ethyl adjacent to an activating group) is 1. The highest BCUT2D eigenvalue weighted by Gasteiger charge is 2.33. The van der Waals surface area contributed by atoms with E-state index >= 15 is 0 Å². The number of ether oxygens (including phenoxy) is 3. The number of rotatable bonds is 27. The van der Waals surface area contributed by atoms with E-state index in [2.05, 4.69) is 20.9 Å². The average Bonchev–Trinajstić information content (AvgIpc) is 2.91. The molecule has 4 nitrogen and oxygen atoms in total. The van der Waals surface area contributed by atoms with Crippen LogP contribution < -0.4 is 24.0 Å². The van der Waals surface area contributed by atoms with E-state index in [0.717, 1.165) is 30.6 Å². The summed E-state index contributed by atoms with van der Waals surface area (Å²) in [5, 5.41) is 0. The third-order valence-corrected chi connectivity index (χ3v) is 8.90. The average molecular weight is 682 g/mol. The highest BCUT2D eigenvalue weighted by Crippen LogP contribution is 2.21. The van der Waals surface area contributed by atoms with E-state index in [1.807, 2.05) is 6.92 Å². The first-order chi connectivity index (χ1) is 19.0. The lowest BCUT2D eigenvalue weighted by molar-refractivity contribution is -0.913. The first kappa shape index (κ1) is 40.6. The Labute approximate surface area is 269 Å². The van der Waals surface area contributed by atoms with Crippen molar-refractivity contribution in [2.75, 3.05) is 46.5 Å². The van der Waals surface area contributed by atoms with Crippen LogP contribution in [-0.2, 0) is 14.2 Å². The van der Waals surface area contributed by atoms with Crippen LogP contribution in [0.15, 0.2) is 0 Å². The van der Waals surface area contributed by atoms with Gasteiger partial charge in [0.05, 0.1) is 20.2 Å². The Hall–Kier alpha value is 0.570. The van der Waals surface area contributed by atoms with E-state index in [-0.39, 0.29) is 24.0 Å². The van der Waals surface area contributed by atoms with E-state index in [4.69, 9.17) is 14.2 Å². The molecule has 0 saturated carbocycles. The summed E-state index contributed by atoms with van der Waals surface area (Å²) < 4.78 is 19.4. The number of nitrogens with zero attached hydrogens (tertiary/aromatic N) is 1. The minimum Gasteiger partial charge on any atom is -1.00 e. The van der Waals surface area contributed by atoms with Crippen molar-refractivity contribution in [1.29, 1.82) is 0 Å². The van der Waals surface area contributed by atoms with E-state index in [0.29, 0.717) is 13.2 Å². The van der Waals surface area contributed by atoms with Crippen molar-refractivity contribution < 1.29 is 42.7 Å². The molecule has 1 fully saturated rings. The Bertz CT molecular complexity index is 509. The molecule has 0 spiro atoms. The van der Waals surface area contributed by atoms with Crippen LogP contribution in [0.4, 0.5) is 0 Å². The van der Waals surface area contributed by atoms with Crippen LogP contribution in [0, 0.1) is 0 Å². The molecule has 0 amide bonds. The zero-order chi connectivity index (χ0) is 28.3. The molecule has 5 heteroatoms. The van der Waals surface area contributed by atoms with E-state index in [1.165, 1.54) is 154 Å².